The van der Waals surface area contributed by atoms with Crippen molar-refractivity contribution in [2.75, 3.05) is 0 Å². The Morgan fingerprint density at radius 3 is 2.57 bits per heavy atom. The van der Waals surface area contributed by atoms with Crippen molar-refractivity contribution in [1.29, 1.82) is 0 Å². The fraction of sp³-hybridized carbons (Fsp3) is 0.882. The lowest BCUT2D eigenvalue weighted by Crippen LogP contribution is -2.29. The Hall–Kier alpha value is -1.46. The fourth-order valence-electron chi connectivity index (χ4n) is 3.26. The second-order valence-corrected chi connectivity index (χ2v) is 7.69. The molecule has 1 aliphatic carbocycles. The summed E-state index contributed by atoms with van der Waals surface area (Å²) in [4.78, 5) is 12.3. The SMILES string of the molecule is CCCCn1nnnc1COC(=O)C1CCC(C(C)(C)C)CC1. The average molecular weight is 322 g/mol. The molecule has 130 valence electrons. The standard InChI is InChI=1S/C17H30N4O2/c1-5-6-11-21-15(18-19-20-21)12-23-16(22)13-7-9-14(10-8-13)17(2,3)4/h13-14H,5-12H2,1-4H3. The largest absolute Gasteiger partial charge is 0.457 e. The molecule has 0 spiro atoms. The van der Waals surface area contributed by atoms with Gasteiger partial charge >= 0.3 is 5.97 Å². The van der Waals surface area contributed by atoms with Crippen LogP contribution in [-0.2, 0) is 22.7 Å². The molecule has 0 atom stereocenters. The maximum absolute atomic E-state index is 12.3. The molecule has 1 saturated carbocycles. The molecule has 1 heterocycles. The summed E-state index contributed by atoms with van der Waals surface area (Å²) in [5.41, 5.74) is 0.330. The van der Waals surface area contributed by atoms with Gasteiger partial charge in [0.2, 0.25) is 0 Å². The molecule has 6 nitrogen and oxygen atoms in total. The zero-order valence-corrected chi connectivity index (χ0v) is 14.9. The number of tetrazole rings is 1. The van der Waals surface area contributed by atoms with E-state index in [1.807, 2.05) is 0 Å². The molecule has 0 amide bonds. The van der Waals surface area contributed by atoms with Gasteiger partial charge in [0.15, 0.2) is 12.4 Å². The van der Waals surface area contributed by atoms with Crippen LogP contribution < -0.4 is 0 Å². The van der Waals surface area contributed by atoms with Crippen molar-refractivity contribution in [3.63, 3.8) is 0 Å². The van der Waals surface area contributed by atoms with E-state index in [0.717, 1.165) is 45.1 Å². The summed E-state index contributed by atoms with van der Waals surface area (Å²) in [6, 6.07) is 0. The predicted octanol–water partition coefficient (Wildman–Crippen LogP) is 3.37. The molecule has 0 aromatic carbocycles. The lowest BCUT2D eigenvalue weighted by Gasteiger charge is -2.36. The van der Waals surface area contributed by atoms with Gasteiger partial charge in [0.05, 0.1) is 5.92 Å². The second kappa shape index (κ2) is 7.88. The molecule has 0 N–H and O–H groups in total. The van der Waals surface area contributed by atoms with E-state index in [4.69, 9.17) is 4.74 Å². The average Bonchev–Trinajstić information content (AvgIpc) is 2.97. The minimum Gasteiger partial charge on any atom is -0.457 e. The maximum atomic E-state index is 12.3. The molecule has 1 fully saturated rings. The lowest BCUT2D eigenvalue weighted by atomic mass is 9.70. The number of rotatable bonds is 6. The summed E-state index contributed by atoms with van der Waals surface area (Å²) in [5, 5.41) is 11.6. The molecule has 0 radical (unpaired) electrons. The van der Waals surface area contributed by atoms with Crippen molar-refractivity contribution < 1.29 is 9.53 Å². The summed E-state index contributed by atoms with van der Waals surface area (Å²) in [6.45, 7) is 9.92. The smallest absolute Gasteiger partial charge is 0.309 e. The molecule has 0 bridgehead atoms. The first kappa shape index (κ1) is 17.9. The van der Waals surface area contributed by atoms with Crippen LogP contribution in [0.25, 0.3) is 0 Å². The van der Waals surface area contributed by atoms with E-state index in [2.05, 4.69) is 43.2 Å². The van der Waals surface area contributed by atoms with Crippen molar-refractivity contribution in [3.8, 4) is 0 Å². The normalized spacial score (nSPS) is 22.1. The van der Waals surface area contributed by atoms with Gasteiger partial charge in [-0.15, -0.1) is 5.10 Å². The van der Waals surface area contributed by atoms with Crippen molar-refractivity contribution in [1.82, 2.24) is 20.2 Å². The maximum Gasteiger partial charge on any atom is 0.309 e. The van der Waals surface area contributed by atoms with Crippen LogP contribution >= 0.6 is 0 Å². The van der Waals surface area contributed by atoms with Crippen LogP contribution in [0.1, 0.15) is 72.0 Å². The van der Waals surface area contributed by atoms with Gasteiger partial charge in [0, 0.05) is 6.54 Å². The first-order valence-corrected chi connectivity index (χ1v) is 8.83. The number of hydrogen-bond donors (Lipinski definition) is 0. The Labute approximate surface area is 139 Å². The number of hydrogen-bond acceptors (Lipinski definition) is 5. The van der Waals surface area contributed by atoms with E-state index in [1.165, 1.54) is 0 Å². The van der Waals surface area contributed by atoms with Crippen molar-refractivity contribution in [3.05, 3.63) is 5.82 Å². The Kier molecular flexibility index (Phi) is 6.13. The number of nitrogens with zero attached hydrogens (tertiary/aromatic N) is 4. The van der Waals surface area contributed by atoms with Crippen LogP contribution in [-0.4, -0.2) is 26.2 Å². The molecule has 2 rings (SSSR count). The number of esters is 1. The van der Waals surface area contributed by atoms with Gasteiger partial charge in [-0.05, 0) is 53.9 Å². The highest BCUT2D eigenvalue weighted by molar-refractivity contribution is 5.72. The highest BCUT2D eigenvalue weighted by Crippen LogP contribution is 2.40. The highest BCUT2D eigenvalue weighted by Gasteiger charge is 2.33. The first-order valence-electron chi connectivity index (χ1n) is 8.83. The summed E-state index contributed by atoms with van der Waals surface area (Å²) >= 11 is 0. The second-order valence-electron chi connectivity index (χ2n) is 7.69. The van der Waals surface area contributed by atoms with Gasteiger partial charge in [-0.25, -0.2) is 4.68 Å². The number of aryl methyl sites for hydroxylation is 1. The van der Waals surface area contributed by atoms with Crippen LogP contribution in [0.15, 0.2) is 0 Å². The molecule has 6 heteroatoms. The number of carbonyl (C=O) groups excluding carboxylic acids is 1. The van der Waals surface area contributed by atoms with E-state index in [0.29, 0.717) is 17.2 Å². The van der Waals surface area contributed by atoms with Gasteiger partial charge in [-0.1, -0.05) is 34.1 Å². The van der Waals surface area contributed by atoms with E-state index in [-0.39, 0.29) is 18.5 Å². The molecule has 23 heavy (non-hydrogen) atoms. The van der Waals surface area contributed by atoms with Gasteiger partial charge in [-0.3, -0.25) is 4.79 Å². The first-order chi connectivity index (χ1) is 10.9. The summed E-state index contributed by atoms with van der Waals surface area (Å²) in [7, 11) is 0. The lowest BCUT2D eigenvalue weighted by molar-refractivity contribution is -0.152. The molecular weight excluding hydrogens is 292 g/mol. The molecule has 0 aliphatic heterocycles. The van der Waals surface area contributed by atoms with Crippen LogP contribution in [0.2, 0.25) is 0 Å². The Balaban J connectivity index is 1.79. The summed E-state index contributed by atoms with van der Waals surface area (Å²) in [6.07, 6.45) is 6.18. The van der Waals surface area contributed by atoms with Gasteiger partial charge in [0.1, 0.15) is 0 Å². The van der Waals surface area contributed by atoms with Crippen molar-refractivity contribution in [2.24, 2.45) is 17.3 Å². The molecule has 1 aromatic rings. The Morgan fingerprint density at radius 2 is 1.96 bits per heavy atom. The van der Waals surface area contributed by atoms with Gasteiger partial charge in [-0.2, -0.15) is 0 Å². The van der Waals surface area contributed by atoms with Gasteiger partial charge < -0.3 is 4.74 Å². The third kappa shape index (κ3) is 5.01. The van der Waals surface area contributed by atoms with E-state index in [9.17, 15) is 4.79 Å². The molecule has 0 saturated heterocycles. The third-order valence-electron chi connectivity index (χ3n) is 4.96. The number of unbranched alkanes of at least 4 members (excludes halogenated alkanes) is 1. The highest BCUT2D eigenvalue weighted by atomic mass is 16.5. The van der Waals surface area contributed by atoms with E-state index < -0.39 is 0 Å². The number of carbonyl (C=O) groups is 1. The molecular formula is C17H30N4O2. The third-order valence-corrected chi connectivity index (χ3v) is 4.96. The van der Waals surface area contributed by atoms with E-state index >= 15 is 0 Å². The fourth-order valence-corrected chi connectivity index (χ4v) is 3.26. The summed E-state index contributed by atoms with van der Waals surface area (Å²) in [5.74, 6) is 1.28. The predicted molar refractivity (Wildman–Crippen MR) is 87.4 cm³/mol. The molecule has 1 aromatic heterocycles. The van der Waals surface area contributed by atoms with Crippen LogP contribution in [0.5, 0.6) is 0 Å². The topological polar surface area (TPSA) is 69.9 Å². The molecule has 0 unspecified atom stereocenters. The molecule has 1 aliphatic rings. The van der Waals surface area contributed by atoms with Gasteiger partial charge in [0.25, 0.3) is 0 Å². The Morgan fingerprint density at radius 1 is 1.26 bits per heavy atom. The monoisotopic (exact) mass is 322 g/mol. The minimum atomic E-state index is -0.0950. The van der Waals surface area contributed by atoms with Crippen LogP contribution in [0, 0.1) is 17.3 Å². The Bertz CT molecular complexity index is 499. The zero-order chi connectivity index (χ0) is 16.9. The van der Waals surface area contributed by atoms with Crippen LogP contribution in [0.4, 0.5) is 0 Å². The number of aromatic nitrogens is 4. The quantitative estimate of drug-likeness (QED) is 0.751. The van der Waals surface area contributed by atoms with Crippen molar-refractivity contribution >= 4 is 5.97 Å². The van der Waals surface area contributed by atoms with Crippen LogP contribution in [0.3, 0.4) is 0 Å². The summed E-state index contributed by atoms with van der Waals surface area (Å²) < 4.78 is 7.19. The number of ether oxygens (including phenoxy) is 1. The zero-order valence-electron chi connectivity index (χ0n) is 14.9. The van der Waals surface area contributed by atoms with Crippen molar-refractivity contribution in [2.45, 2.75) is 79.4 Å². The van der Waals surface area contributed by atoms with E-state index in [1.54, 1.807) is 4.68 Å². The minimum absolute atomic E-state index is 0.0357.